The van der Waals surface area contributed by atoms with Crippen molar-refractivity contribution in [3.63, 3.8) is 0 Å². The summed E-state index contributed by atoms with van der Waals surface area (Å²) in [6.07, 6.45) is 11.6. The first kappa shape index (κ1) is 25.0. The highest BCUT2D eigenvalue weighted by Gasteiger charge is 2.25. The summed E-state index contributed by atoms with van der Waals surface area (Å²) >= 11 is 1.77. The predicted molar refractivity (Wildman–Crippen MR) is 137 cm³/mol. The molecule has 5 heterocycles. The van der Waals surface area contributed by atoms with E-state index in [1.54, 1.807) is 28.6 Å². The van der Waals surface area contributed by atoms with Crippen molar-refractivity contribution in [2.45, 2.75) is 13.5 Å². The smallest absolute Gasteiger partial charge is 0.248 e. The molecule has 9 nitrogen and oxygen atoms in total. The summed E-state index contributed by atoms with van der Waals surface area (Å²) in [5.74, 6) is 1.47. The number of hydrogen-bond donors (Lipinski definition) is 1. The molecule has 2 aliphatic rings. The van der Waals surface area contributed by atoms with Gasteiger partial charge in [-0.25, -0.2) is 9.97 Å². The first-order valence-electron chi connectivity index (χ1n) is 11.6. The number of piperazine rings is 1. The van der Waals surface area contributed by atoms with E-state index in [9.17, 15) is 4.79 Å². The van der Waals surface area contributed by atoms with Crippen LogP contribution in [0.3, 0.4) is 0 Å². The normalized spacial score (nSPS) is 16.7. The van der Waals surface area contributed by atoms with Crippen molar-refractivity contribution in [1.82, 2.24) is 24.8 Å². The van der Waals surface area contributed by atoms with Crippen LogP contribution in [0.25, 0.3) is 21.6 Å². The number of hydrogen-bond acceptors (Lipinski definition) is 9. The van der Waals surface area contributed by atoms with Crippen molar-refractivity contribution in [2.24, 2.45) is 0 Å². The zero-order valence-electron chi connectivity index (χ0n) is 19.9. The van der Waals surface area contributed by atoms with E-state index in [2.05, 4.69) is 34.6 Å². The largest absolute Gasteiger partial charge is 0.387 e. The molecule has 2 fully saturated rings. The Morgan fingerprint density at radius 3 is 2.54 bits per heavy atom. The number of terminal acetylenes is 1. The molecule has 1 amide bonds. The first-order chi connectivity index (χ1) is 17.1. The number of aliphatic hydroxyl groups is 1. The second kappa shape index (κ2) is 11.6. The molecule has 0 spiro atoms. The van der Waals surface area contributed by atoms with Crippen LogP contribution in [0.4, 0.5) is 5.82 Å². The minimum Gasteiger partial charge on any atom is -0.387 e. The number of carbonyl (C=O) groups is 1. The number of rotatable bonds is 5. The number of aromatic nitrogens is 3. The molecule has 0 saturated carbocycles. The Balaban J connectivity index is 0.00000141. The molecule has 10 heteroatoms. The third kappa shape index (κ3) is 5.44. The Hall–Kier alpha value is -3.10. The van der Waals surface area contributed by atoms with Crippen molar-refractivity contribution < 1.29 is 14.6 Å². The molecule has 0 atom stereocenters. The van der Waals surface area contributed by atoms with Crippen LogP contribution in [0.2, 0.25) is 0 Å². The number of amides is 1. The van der Waals surface area contributed by atoms with Crippen molar-refractivity contribution in [1.29, 1.82) is 0 Å². The highest BCUT2D eigenvalue weighted by molar-refractivity contribution is 7.19. The van der Waals surface area contributed by atoms with Gasteiger partial charge >= 0.3 is 0 Å². The van der Waals surface area contributed by atoms with Crippen LogP contribution in [-0.2, 0) is 16.1 Å². The van der Waals surface area contributed by atoms with Gasteiger partial charge in [0.25, 0.3) is 0 Å². The van der Waals surface area contributed by atoms with Gasteiger partial charge in [-0.05, 0) is 24.6 Å². The molecule has 35 heavy (non-hydrogen) atoms. The van der Waals surface area contributed by atoms with Crippen LogP contribution in [0.1, 0.15) is 10.4 Å². The van der Waals surface area contributed by atoms with Gasteiger partial charge < -0.3 is 19.6 Å². The summed E-state index contributed by atoms with van der Waals surface area (Å²) < 4.78 is 6.69. The minimum atomic E-state index is -0.419. The van der Waals surface area contributed by atoms with E-state index in [4.69, 9.17) is 19.8 Å². The summed E-state index contributed by atoms with van der Waals surface area (Å²) in [5.41, 5.74) is 3.09. The van der Waals surface area contributed by atoms with E-state index in [0.29, 0.717) is 32.1 Å². The zero-order valence-corrected chi connectivity index (χ0v) is 20.7. The van der Waals surface area contributed by atoms with Crippen molar-refractivity contribution in [2.75, 3.05) is 64.0 Å². The number of thiophene rings is 1. The van der Waals surface area contributed by atoms with E-state index in [0.717, 1.165) is 54.3 Å². The van der Waals surface area contributed by atoms with Crippen LogP contribution in [-0.4, -0.2) is 94.9 Å². The van der Waals surface area contributed by atoms with E-state index in [1.165, 1.54) is 10.4 Å². The summed E-state index contributed by atoms with van der Waals surface area (Å²) in [6.45, 7) is 8.44. The number of pyridine rings is 1. The fourth-order valence-electron chi connectivity index (χ4n) is 4.34. The number of aryl methyl sites for hydroxylation is 1. The summed E-state index contributed by atoms with van der Waals surface area (Å²) in [4.78, 5) is 33.6. The van der Waals surface area contributed by atoms with Crippen LogP contribution < -0.4 is 4.90 Å². The lowest BCUT2D eigenvalue weighted by Gasteiger charge is -2.34. The molecule has 184 valence electrons. The minimum absolute atomic E-state index is 0.193. The molecular weight excluding hydrogens is 464 g/mol. The second-order valence-electron chi connectivity index (χ2n) is 8.35. The average Bonchev–Trinajstić information content (AvgIpc) is 3.25. The van der Waals surface area contributed by atoms with Crippen molar-refractivity contribution in [3.8, 4) is 24.2 Å². The molecule has 0 bridgehead atoms. The predicted octanol–water partition coefficient (Wildman–Crippen LogP) is 1.78. The molecule has 0 aliphatic carbocycles. The van der Waals surface area contributed by atoms with E-state index in [-0.39, 0.29) is 5.91 Å². The fraction of sp³-hybridized carbons (Fsp3) is 0.440. The van der Waals surface area contributed by atoms with Gasteiger partial charge in [0, 0.05) is 68.6 Å². The van der Waals surface area contributed by atoms with Crippen molar-refractivity contribution >= 4 is 33.3 Å². The Morgan fingerprint density at radius 1 is 1.14 bits per heavy atom. The molecule has 2 aliphatic heterocycles. The van der Waals surface area contributed by atoms with Gasteiger partial charge in [0.2, 0.25) is 5.91 Å². The third-order valence-electron chi connectivity index (χ3n) is 6.30. The summed E-state index contributed by atoms with van der Waals surface area (Å²) in [5, 5.41) is 9.11. The van der Waals surface area contributed by atoms with Crippen LogP contribution >= 0.6 is 11.3 Å². The van der Waals surface area contributed by atoms with Gasteiger partial charge in [-0.15, -0.1) is 24.2 Å². The van der Waals surface area contributed by atoms with Crippen LogP contribution in [0.5, 0.6) is 0 Å². The van der Waals surface area contributed by atoms with Gasteiger partial charge in [-0.1, -0.05) is 0 Å². The van der Waals surface area contributed by atoms with E-state index >= 15 is 0 Å². The summed E-state index contributed by atoms with van der Waals surface area (Å²) in [7, 11) is 0. The molecule has 3 aromatic heterocycles. The molecule has 2 saturated heterocycles. The van der Waals surface area contributed by atoms with Crippen molar-refractivity contribution in [3.05, 3.63) is 35.0 Å². The maximum absolute atomic E-state index is 11.8. The van der Waals surface area contributed by atoms with E-state index in [1.807, 2.05) is 12.1 Å². The molecule has 0 radical (unpaired) electrons. The number of fused-ring (bicyclic) bond motifs is 1. The monoisotopic (exact) mass is 494 g/mol. The second-order valence-corrected chi connectivity index (χ2v) is 9.46. The first-order valence-corrected chi connectivity index (χ1v) is 12.4. The maximum atomic E-state index is 11.8. The number of nitrogens with zero attached hydrogens (tertiary/aromatic N) is 6. The van der Waals surface area contributed by atoms with Gasteiger partial charge in [0.05, 0.1) is 23.4 Å². The molecule has 1 N–H and O–H groups in total. The Bertz CT molecular complexity index is 1170. The number of aliphatic hydroxyl groups excluding tert-OH is 1. The quantitative estimate of drug-likeness (QED) is 0.537. The molecular formula is C25H30N6O3S. The average molecular weight is 495 g/mol. The van der Waals surface area contributed by atoms with E-state index < -0.39 is 6.61 Å². The molecule has 5 rings (SSSR count). The highest BCUT2D eigenvalue weighted by Crippen LogP contribution is 2.38. The third-order valence-corrected chi connectivity index (χ3v) is 7.57. The highest BCUT2D eigenvalue weighted by atomic mass is 32.1. The Labute approximate surface area is 209 Å². The zero-order chi connectivity index (χ0) is 24.8. The standard InChI is InChI=1S/C23H28N6O3S.C2H2/c1-16-18(14-27-5-7-28(8-6-27)19(31)15-30)33-21-20(16)25-22(17-3-2-4-24-13-17)26-23(21)29-9-11-32-12-10-29;1-2/h2-4,13,30H,5-12,14-15H2,1H3;1-2H. The number of morpholine rings is 1. The Kier molecular flexibility index (Phi) is 8.25. The molecule has 0 aromatic carbocycles. The van der Waals surface area contributed by atoms with Crippen LogP contribution in [0.15, 0.2) is 24.5 Å². The molecule has 3 aromatic rings. The van der Waals surface area contributed by atoms with Gasteiger partial charge in [0.1, 0.15) is 6.61 Å². The fourth-order valence-corrected chi connectivity index (χ4v) is 5.65. The lowest BCUT2D eigenvalue weighted by atomic mass is 10.2. The topological polar surface area (TPSA) is 94.9 Å². The number of carbonyl (C=O) groups excluding carboxylic acids is 1. The number of ether oxygens (including phenoxy) is 1. The lowest BCUT2D eigenvalue weighted by Crippen LogP contribution is -2.49. The number of anilines is 1. The van der Waals surface area contributed by atoms with Gasteiger partial charge in [0.15, 0.2) is 11.6 Å². The van der Waals surface area contributed by atoms with Crippen LogP contribution in [0, 0.1) is 19.8 Å². The molecule has 0 unspecified atom stereocenters. The SMILES string of the molecule is C#C.Cc1c(CN2CCN(C(=O)CO)CC2)sc2c(N3CCOCC3)nc(-c3cccnc3)nc12. The van der Waals surface area contributed by atoms with Gasteiger partial charge in [-0.2, -0.15) is 0 Å². The van der Waals surface area contributed by atoms with Gasteiger partial charge in [-0.3, -0.25) is 14.7 Å². The maximum Gasteiger partial charge on any atom is 0.248 e. The lowest BCUT2D eigenvalue weighted by molar-refractivity contribution is -0.135. The summed E-state index contributed by atoms with van der Waals surface area (Å²) in [6, 6.07) is 3.90. The Morgan fingerprint density at radius 2 is 1.89 bits per heavy atom.